The Morgan fingerprint density at radius 1 is 1.10 bits per heavy atom. The van der Waals surface area contributed by atoms with Crippen LogP contribution in [0.15, 0.2) is 30.3 Å². The van der Waals surface area contributed by atoms with Crippen LogP contribution in [0, 0.1) is 21.4 Å². The van der Waals surface area contributed by atoms with Gasteiger partial charge in [-0.1, -0.05) is 40.9 Å². The van der Waals surface area contributed by atoms with Crippen LogP contribution in [0.1, 0.15) is 5.56 Å². The van der Waals surface area contributed by atoms with Gasteiger partial charge in [0.1, 0.15) is 17.4 Å². The normalized spacial score (nSPS) is 10.0. The molecule has 0 N–H and O–H groups in total. The first-order valence-electron chi connectivity index (χ1n) is 5.44. The van der Waals surface area contributed by atoms with Crippen molar-refractivity contribution < 1.29 is 9.66 Å². The lowest BCUT2D eigenvalue weighted by molar-refractivity contribution is -0.385. The zero-order chi connectivity index (χ0) is 15.6. The number of nitriles is 1. The van der Waals surface area contributed by atoms with Crippen LogP contribution in [0.25, 0.3) is 0 Å². The summed E-state index contributed by atoms with van der Waals surface area (Å²) >= 11 is 17.5. The summed E-state index contributed by atoms with van der Waals surface area (Å²) in [5, 5.41) is 20.4. The van der Waals surface area contributed by atoms with Gasteiger partial charge in [0.05, 0.1) is 20.0 Å². The average molecular weight is 344 g/mol. The van der Waals surface area contributed by atoms with Crippen LogP contribution >= 0.6 is 34.8 Å². The molecule has 8 heteroatoms. The van der Waals surface area contributed by atoms with Crippen molar-refractivity contribution in [2.75, 3.05) is 0 Å². The van der Waals surface area contributed by atoms with Crippen molar-refractivity contribution >= 4 is 40.5 Å². The molecule has 0 atom stereocenters. The summed E-state index contributed by atoms with van der Waals surface area (Å²) in [5.74, 6) is -0.0420. The van der Waals surface area contributed by atoms with E-state index < -0.39 is 4.92 Å². The number of nitro groups is 1. The van der Waals surface area contributed by atoms with Crippen molar-refractivity contribution in [1.82, 2.24) is 0 Å². The number of nitro benzene ring substituents is 1. The third-order valence-electron chi connectivity index (χ3n) is 2.51. The molecule has 0 aliphatic carbocycles. The van der Waals surface area contributed by atoms with Gasteiger partial charge < -0.3 is 4.74 Å². The summed E-state index contributed by atoms with van der Waals surface area (Å²) in [5.41, 5.74) is -0.298. The van der Waals surface area contributed by atoms with E-state index in [2.05, 4.69) is 0 Å². The van der Waals surface area contributed by atoms with Gasteiger partial charge >= 0.3 is 5.69 Å². The van der Waals surface area contributed by atoms with Crippen molar-refractivity contribution in [3.8, 4) is 17.6 Å². The van der Waals surface area contributed by atoms with E-state index in [0.717, 1.165) is 6.07 Å². The molecule has 0 spiro atoms. The molecule has 0 aromatic heterocycles. The van der Waals surface area contributed by atoms with Crippen molar-refractivity contribution in [3.05, 3.63) is 61.1 Å². The van der Waals surface area contributed by atoms with Gasteiger partial charge in [-0.05, 0) is 12.1 Å². The first-order chi connectivity index (χ1) is 9.93. The van der Waals surface area contributed by atoms with E-state index in [4.69, 9.17) is 44.8 Å². The first-order valence-corrected chi connectivity index (χ1v) is 6.57. The molecule has 2 aromatic carbocycles. The van der Waals surface area contributed by atoms with Gasteiger partial charge in [-0.25, -0.2) is 0 Å². The van der Waals surface area contributed by atoms with Crippen LogP contribution in [0.2, 0.25) is 15.1 Å². The summed E-state index contributed by atoms with van der Waals surface area (Å²) in [6.07, 6.45) is 0. The first kappa shape index (κ1) is 15.4. The molecule has 0 saturated carbocycles. The van der Waals surface area contributed by atoms with Crippen molar-refractivity contribution in [1.29, 1.82) is 5.26 Å². The van der Waals surface area contributed by atoms with Crippen LogP contribution < -0.4 is 4.74 Å². The summed E-state index contributed by atoms with van der Waals surface area (Å²) in [4.78, 5) is 10.4. The van der Waals surface area contributed by atoms with Crippen molar-refractivity contribution in [2.24, 2.45) is 0 Å². The molecule has 2 aromatic rings. The maximum absolute atomic E-state index is 11.0. The van der Waals surface area contributed by atoms with E-state index in [1.165, 1.54) is 18.2 Å². The number of benzene rings is 2. The third kappa shape index (κ3) is 3.19. The number of nitrogens with zero attached hydrogens (tertiary/aromatic N) is 2. The Kier molecular flexibility index (Phi) is 4.53. The third-order valence-corrected chi connectivity index (χ3v) is 3.54. The largest absolute Gasteiger partial charge is 0.449 e. The summed E-state index contributed by atoms with van der Waals surface area (Å²) in [6.45, 7) is 0. The van der Waals surface area contributed by atoms with E-state index >= 15 is 0 Å². The predicted molar refractivity (Wildman–Crippen MR) is 79.4 cm³/mol. The quantitative estimate of drug-likeness (QED) is 0.565. The highest BCUT2D eigenvalue weighted by atomic mass is 35.5. The molecular weight excluding hydrogens is 339 g/mol. The lowest BCUT2D eigenvalue weighted by Crippen LogP contribution is -1.95. The Balaban J connectivity index is 2.55. The summed E-state index contributed by atoms with van der Waals surface area (Å²) < 4.78 is 5.42. The molecule has 0 heterocycles. The van der Waals surface area contributed by atoms with Crippen LogP contribution in [-0.2, 0) is 0 Å². The number of hydrogen-bond donors (Lipinski definition) is 0. The Morgan fingerprint density at radius 3 is 2.38 bits per heavy atom. The zero-order valence-corrected chi connectivity index (χ0v) is 12.4. The number of rotatable bonds is 3. The summed E-state index contributed by atoms with van der Waals surface area (Å²) in [7, 11) is 0. The highest BCUT2D eigenvalue weighted by molar-refractivity contribution is 6.42. The van der Waals surface area contributed by atoms with Gasteiger partial charge in [-0.3, -0.25) is 10.1 Å². The second-order valence-corrected chi connectivity index (χ2v) is 5.04. The maximum Gasteiger partial charge on any atom is 0.313 e. The molecule has 21 heavy (non-hydrogen) atoms. The van der Waals surface area contributed by atoms with E-state index in [1.54, 1.807) is 6.07 Å². The van der Waals surface area contributed by atoms with Gasteiger partial charge in [-0.2, -0.15) is 5.26 Å². The smallest absolute Gasteiger partial charge is 0.313 e. The molecular formula is C13H5Cl3N2O3. The second-order valence-electron chi connectivity index (χ2n) is 3.82. The average Bonchev–Trinajstić information content (AvgIpc) is 2.42. The van der Waals surface area contributed by atoms with E-state index in [0.29, 0.717) is 0 Å². The van der Waals surface area contributed by atoms with Crippen LogP contribution in [0.3, 0.4) is 0 Å². The van der Waals surface area contributed by atoms with Gasteiger partial charge in [-0.15, -0.1) is 0 Å². The van der Waals surface area contributed by atoms with Gasteiger partial charge in [0.15, 0.2) is 0 Å². The number of halogens is 3. The Hall–Kier alpha value is -2.00. The lowest BCUT2D eigenvalue weighted by Gasteiger charge is -2.09. The van der Waals surface area contributed by atoms with E-state index in [-0.39, 0.29) is 37.8 Å². The highest BCUT2D eigenvalue weighted by Gasteiger charge is 2.20. The van der Waals surface area contributed by atoms with E-state index in [1.807, 2.05) is 6.07 Å². The predicted octanol–water partition coefficient (Wildman–Crippen LogP) is 5.22. The summed E-state index contributed by atoms with van der Waals surface area (Å²) in [6, 6.07) is 8.70. The molecule has 0 bridgehead atoms. The molecule has 0 aliphatic heterocycles. The Morgan fingerprint density at radius 2 is 1.76 bits per heavy atom. The molecule has 0 radical (unpaired) electrons. The molecule has 0 unspecified atom stereocenters. The maximum atomic E-state index is 11.0. The van der Waals surface area contributed by atoms with Gasteiger partial charge in [0.2, 0.25) is 5.75 Å². The fourth-order valence-corrected chi connectivity index (χ4v) is 2.08. The minimum atomic E-state index is -0.659. The van der Waals surface area contributed by atoms with Crippen LogP contribution in [0.4, 0.5) is 5.69 Å². The molecule has 5 nitrogen and oxygen atoms in total. The van der Waals surface area contributed by atoms with Crippen molar-refractivity contribution in [3.63, 3.8) is 0 Å². The lowest BCUT2D eigenvalue weighted by atomic mass is 10.2. The molecule has 0 amide bonds. The molecule has 106 valence electrons. The number of hydrogen-bond acceptors (Lipinski definition) is 4. The fourth-order valence-electron chi connectivity index (χ4n) is 1.56. The molecule has 0 fully saturated rings. The molecule has 0 saturated heterocycles. The monoisotopic (exact) mass is 342 g/mol. The highest BCUT2D eigenvalue weighted by Crippen LogP contribution is 2.39. The SMILES string of the molecule is N#Cc1c(Cl)cccc1Oc1cc(Cl)c(Cl)cc1[N+](=O)[O-]. The topological polar surface area (TPSA) is 76.2 Å². The van der Waals surface area contributed by atoms with Crippen LogP contribution in [0.5, 0.6) is 11.5 Å². The van der Waals surface area contributed by atoms with Crippen LogP contribution in [-0.4, -0.2) is 4.92 Å². The zero-order valence-electron chi connectivity index (χ0n) is 10.1. The number of ether oxygens (including phenoxy) is 1. The standard InChI is InChI=1S/C13H5Cl3N2O3/c14-8-2-1-3-12(7(8)6-17)21-13-5-10(16)9(15)4-11(13)18(19)20/h1-5H. The fraction of sp³-hybridized carbons (Fsp3) is 0. The van der Waals surface area contributed by atoms with E-state index in [9.17, 15) is 10.1 Å². The van der Waals surface area contributed by atoms with Gasteiger partial charge in [0, 0.05) is 12.1 Å². The minimum absolute atomic E-state index is 0.0299. The van der Waals surface area contributed by atoms with Gasteiger partial charge in [0.25, 0.3) is 0 Å². The molecule has 0 aliphatic rings. The Bertz CT molecular complexity index is 772. The second kappa shape index (κ2) is 6.19. The molecule has 2 rings (SSSR count). The minimum Gasteiger partial charge on any atom is -0.449 e. The Labute approximate surface area is 134 Å². The van der Waals surface area contributed by atoms with Crippen molar-refractivity contribution in [2.45, 2.75) is 0 Å².